The number of aryl methyl sites for hydroxylation is 2. The van der Waals surface area contributed by atoms with E-state index in [1.807, 2.05) is 32.0 Å². The highest BCUT2D eigenvalue weighted by Crippen LogP contribution is 2.14. The number of carbonyl (C=O) groups excluding carboxylic acids is 2. The van der Waals surface area contributed by atoms with Gasteiger partial charge < -0.3 is 10.6 Å². The fourth-order valence-electron chi connectivity index (χ4n) is 2.27. The second kappa shape index (κ2) is 9.23. The quantitative estimate of drug-likeness (QED) is 0.757. The van der Waals surface area contributed by atoms with Crippen LogP contribution < -0.4 is 10.6 Å². The van der Waals surface area contributed by atoms with Crippen LogP contribution in [-0.4, -0.2) is 18.4 Å². The molecular weight excluding hydrogens is 276 g/mol. The summed E-state index contributed by atoms with van der Waals surface area (Å²) in [5, 5.41) is 5.38. The first-order valence-corrected chi connectivity index (χ1v) is 8.14. The van der Waals surface area contributed by atoms with Gasteiger partial charge in [0.05, 0.1) is 0 Å². The lowest BCUT2D eigenvalue weighted by molar-refractivity contribution is -0.136. The van der Waals surface area contributed by atoms with E-state index >= 15 is 0 Å². The number of unbranched alkanes of at least 4 members (excludes halogenated alkanes) is 1. The molecule has 0 aliphatic carbocycles. The van der Waals surface area contributed by atoms with E-state index in [-0.39, 0.29) is 0 Å². The molecule has 4 heteroatoms. The molecule has 1 rings (SSSR count). The van der Waals surface area contributed by atoms with Crippen LogP contribution in [0.15, 0.2) is 18.2 Å². The lowest BCUT2D eigenvalue weighted by Crippen LogP contribution is -2.38. The second-order valence-electron chi connectivity index (χ2n) is 5.88. The van der Waals surface area contributed by atoms with Gasteiger partial charge >= 0.3 is 11.8 Å². The maximum Gasteiger partial charge on any atom is 0.313 e. The third kappa shape index (κ3) is 5.88. The molecule has 4 nitrogen and oxygen atoms in total. The van der Waals surface area contributed by atoms with Crippen molar-refractivity contribution < 1.29 is 9.59 Å². The van der Waals surface area contributed by atoms with Gasteiger partial charge in [0.1, 0.15) is 0 Å². The lowest BCUT2D eigenvalue weighted by atomic mass is 9.99. The Kier molecular flexibility index (Phi) is 7.64. The van der Waals surface area contributed by atoms with Crippen LogP contribution in [-0.2, 0) is 9.59 Å². The maximum absolute atomic E-state index is 11.9. The van der Waals surface area contributed by atoms with Crippen molar-refractivity contribution in [3.05, 3.63) is 29.3 Å². The third-order valence-corrected chi connectivity index (χ3v) is 4.07. The Balaban J connectivity index is 2.47. The van der Waals surface area contributed by atoms with Crippen molar-refractivity contribution in [2.24, 2.45) is 5.92 Å². The summed E-state index contributed by atoms with van der Waals surface area (Å²) in [6, 6.07) is 5.61. The molecule has 1 atom stereocenters. The molecule has 1 aromatic carbocycles. The highest BCUT2D eigenvalue weighted by atomic mass is 16.2. The van der Waals surface area contributed by atoms with Crippen LogP contribution in [0.1, 0.15) is 50.7 Å². The van der Waals surface area contributed by atoms with Gasteiger partial charge in [-0.05, 0) is 49.4 Å². The number of hydrogen-bond acceptors (Lipinski definition) is 2. The minimum Gasteiger partial charge on any atom is -0.348 e. The van der Waals surface area contributed by atoms with Gasteiger partial charge in [-0.3, -0.25) is 9.59 Å². The number of amides is 2. The molecule has 0 aromatic heterocycles. The minimum atomic E-state index is -0.603. The molecule has 1 aromatic rings. The summed E-state index contributed by atoms with van der Waals surface area (Å²) in [7, 11) is 0. The van der Waals surface area contributed by atoms with Gasteiger partial charge in [0.25, 0.3) is 0 Å². The van der Waals surface area contributed by atoms with E-state index in [0.29, 0.717) is 18.2 Å². The van der Waals surface area contributed by atoms with Gasteiger partial charge in [-0.2, -0.15) is 0 Å². The molecule has 22 heavy (non-hydrogen) atoms. The lowest BCUT2D eigenvalue weighted by Gasteiger charge is -2.15. The van der Waals surface area contributed by atoms with Crippen LogP contribution in [0.25, 0.3) is 0 Å². The van der Waals surface area contributed by atoms with E-state index in [1.165, 1.54) is 0 Å². The predicted molar refractivity (Wildman–Crippen MR) is 90.9 cm³/mol. The number of hydrogen-bond donors (Lipinski definition) is 2. The van der Waals surface area contributed by atoms with E-state index in [9.17, 15) is 9.59 Å². The zero-order valence-electron chi connectivity index (χ0n) is 14.2. The molecule has 2 amide bonds. The standard InChI is InChI=1S/C18H28N2O2/c1-5-7-8-15(6-2)12-19-17(21)18(22)20-16-10-9-13(3)14(4)11-16/h9-11,15H,5-8,12H2,1-4H3,(H,19,21)(H,20,22)/t15-/m1/s1. The molecule has 0 saturated heterocycles. The number of benzene rings is 1. The summed E-state index contributed by atoms with van der Waals surface area (Å²) in [6.45, 7) is 8.82. The van der Waals surface area contributed by atoms with Crippen molar-refractivity contribution >= 4 is 17.5 Å². The van der Waals surface area contributed by atoms with Crippen molar-refractivity contribution in [2.45, 2.75) is 53.4 Å². The van der Waals surface area contributed by atoms with Crippen LogP contribution in [0.2, 0.25) is 0 Å². The molecule has 0 spiro atoms. The molecule has 0 unspecified atom stereocenters. The van der Waals surface area contributed by atoms with E-state index < -0.39 is 11.8 Å². The van der Waals surface area contributed by atoms with Crippen LogP contribution >= 0.6 is 0 Å². The maximum atomic E-state index is 11.9. The van der Waals surface area contributed by atoms with Gasteiger partial charge in [0.15, 0.2) is 0 Å². The zero-order chi connectivity index (χ0) is 16.5. The van der Waals surface area contributed by atoms with Crippen LogP contribution in [0.4, 0.5) is 5.69 Å². The molecule has 0 saturated carbocycles. The molecule has 0 heterocycles. The van der Waals surface area contributed by atoms with E-state index in [0.717, 1.165) is 36.8 Å². The fourth-order valence-corrected chi connectivity index (χ4v) is 2.27. The van der Waals surface area contributed by atoms with Crippen molar-refractivity contribution in [3.63, 3.8) is 0 Å². The third-order valence-electron chi connectivity index (χ3n) is 4.07. The predicted octanol–water partition coefficient (Wildman–Crippen LogP) is 3.57. The van der Waals surface area contributed by atoms with E-state index in [1.54, 1.807) is 0 Å². The van der Waals surface area contributed by atoms with Crippen molar-refractivity contribution in [1.82, 2.24) is 5.32 Å². The Morgan fingerprint density at radius 1 is 1.09 bits per heavy atom. The Bertz CT molecular complexity index is 512. The van der Waals surface area contributed by atoms with Gasteiger partial charge in [-0.15, -0.1) is 0 Å². The summed E-state index contributed by atoms with van der Waals surface area (Å²) >= 11 is 0. The van der Waals surface area contributed by atoms with Gasteiger partial charge in [0.2, 0.25) is 0 Å². The summed E-state index contributed by atoms with van der Waals surface area (Å²) in [6.07, 6.45) is 4.41. The average Bonchev–Trinajstić information content (AvgIpc) is 2.50. The number of carbonyl (C=O) groups is 2. The number of anilines is 1. The Morgan fingerprint density at radius 2 is 1.82 bits per heavy atom. The Labute approximate surface area is 133 Å². The molecule has 0 aliphatic rings. The molecule has 0 radical (unpaired) electrons. The highest BCUT2D eigenvalue weighted by molar-refractivity contribution is 6.39. The van der Waals surface area contributed by atoms with E-state index in [4.69, 9.17) is 0 Å². The summed E-state index contributed by atoms with van der Waals surface area (Å²) in [5.41, 5.74) is 2.90. The summed E-state index contributed by atoms with van der Waals surface area (Å²) in [4.78, 5) is 23.8. The van der Waals surface area contributed by atoms with Crippen LogP contribution in [0, 0.1) is 19.8 Å². The molecule has 0 bridgehead atoms. The smallest absolute Gasteiger partial charge is 0.313 e. The summed E-state index contributed by atoms with van der Waals surface area (Å²) < 4.78 is 0. The van der Waals surface area contributed by atoms with E-state index in [2.05, 4.69) is 24.5 Å². The average molecular weight is 304 g/mol. The van der Waals surface area contributed by atoms with Gasteiger partial charge in [0, 0.05) is 12.2 Å². The highest BCUT2D eigenvalue weighted by Gasteiger charge is 2.15. The zero-order valence-corrected chi connectivity index (χ0v) is 14.2. The fraction of sp³-hybridized carbons (Fsp3) is 0.556. The monoisotopic (exact) mass is 304 g/mol. The second-order valence-corrected chi connectivity index (χ2v) is 5.88. The van der Waals surface area contributed by atoms with Crippen molar-refractivity contribution in [2.75, 3.05) is 11.9 Å². The molecular formula is C18H28N2O2. The Morgan fingerprint density at radius 3 is 2.41 bits per heavy atom. The topological polar surface area (TPSA) is 58.2 Å². The molecule has 0 fully saturated rings. The largest absolute Gasteiger partial charge is 0.348 e. The molecule has 122 valence electrons. The Hall–Kier alpha value is -1.84. The first-order chi connectivity index (χ1) is 10.5. The number of nitrogens with one attached hydrogen (secondary N) is 2. The van der Waals surface area contributed by atoms with Crippen molar-refractivity contribution in [3.8, 4) is 0 Å². The van der Waals surface area contributed by atoms with Gasteiger partial charge in [-0.1, -0.05) is 39.2 Å². The first-order valence-electron chi connectivity index (χ1n) is 8.14. The van der Waals surface area contributed by atoms with Crippen molar-refractivity contribution in [1.29, 1.82) is 0 Å². The van der Waals surface area contributed by atoms with Gasteiger partial charge in [-0.25, -0.2) is 0 Å². The number of rotatable bonds is 7. The molecule has 0 aliphatic heterocycles. The molecule has 2 N–H and O–H groups in total. The first kappa shape index (κ1) is 18.2. The SMILES string of the molecule is CCCC[C@@H](CC)CNC(=O)C(=O)Nc1ccc(C)c(C)c1. The minimum absolute atomic E-state index is 0.443. The van der Waals surface area contributed by atoms with Crippen LogP contribution in [0.3, 0.4) is 0 Å². The normalized spacial score (nSPS) is 11.8. The van der Waals surface area contributed by atoms with Crippen LogP contribution in [0.5, 0.6) is 0 Å². The summed E-state index contributed by atoms with van der Waals surface area (Å²) in [5.74, 6) is -0.722.